The van der Waals surface area contributed by atoms with Crippen LogP contribution in [0.2, 0.25) is 0 Å². The lowest BCUT2D eigenvalue weighted by atomic mass is 10.1. The highest BCUT2D eigenvalue weighted by molar-refractivity contribution is 7.92. The maximum atomic E-state index is 12.4. The Morgan fingerprint density at radius 3 is 2.26 bits per heavy atom. The van der Waals surface area contributed by atoms with Gasteiger partial charge in [-0.2, -0.15) is 0 Å². The van der Waals surface area contributed by atoms with Crippen molar-refractivity contribution in [2.24, 2.45) is 0 Å². The molecule has 0 saturated heterocycles. The molecule has 0 saturated carbocycles. The molecule has 0 spiro atoms. The van der Waals surface area contributed by atoms with Gasteiger partial charge in [0.1, 0.15) is 0 Å². The van der Waals surface area contributed by atoms with Gasteiger partial charge in [0, 0.05) is 18.7 Å². The van der Waals surface area contributed by atoms with E-state index in [1.54, 1.807) is 0 Å². The first kappa shape index (κ1) is 21.0. The van der Waals surface area contributed by atoms with Crippen molar-refractivity contribution in [3.8, 4) is 0 Å². The van der Waals surface area contributed by atoms with Crippen LogP contribution in [0.5, 0.6) is 0 Å². The number of nitrogens with zero attached hydrogens (tertiary/aromatic N) is 1. The van der Waals surface area contributed by atoms with Gasteiger partial charge in [0.15, 0.2) is 0 Å². The first-order valence-electron chi connectivity index (χ1n) is 9.06. The smallest absolute Gasteiger partial charge is 0.232 e. The Labute approximate surface area is 162 Å². The molecule has 2 aromatic rings. The van der Waals surface area contributed by atoms with Gasteiger partial charge in [-0.25, -0.2) is 8.42 Å². The van der Waals surface area contributed by atoms with Crippen molar-refractivity contribution in [3.05, 3.63) is 58.7 Å². The van der Waals surface area contributed by atoms with Gasteiger partial charge >= 0.3 is 0 Å². The number of nitrogens with one attached hydrogen (secondary N) is 1. The summed E-state index contributed by atoms with van der Waals surface area (Å²) in [5, 5.41) is 2.86. The molecule has 27 heavy (non-hydrogen) atoms. The predicted octanol–water partition coefficient (Wildman–Crippen LogP) is 3.97. The van der Waals surface area contributed by atoms with Crippen LogP contribution in [-0.4, -0.2) is 27.1 Å². The standard InChI is InChI=1S/C21H28N2O3S/c1-6-18-9-7-8-17(4)21(18)23(27(5,25)26)11-10-20(24)22-19-13-15(2)12-16(3)14-19/h7-9,12-14H,6,10-11H2,1-5H3,(H,22,24). The Morgan fingerprint density at radius 2 is 1.70 bits per heavy atom. The lowest BCUT2D eigenvalue weighted by Crippen LogP contribution is -2.34. The monoisotopic (exact) mass is 388 g/mol. The van der Waals surface area contributed by atoms with E-state index in [1.165, 1.54) is 10.6 Å². The number of carbonyl (C=O) groups excluding carboxylic acids is 1. The highest BCUT2D eigenvalue weighted by Gasteiger charge is 2.22. The zero-order chi connectivity index (χ0) is 20.2. The van der Waals surface area contributed by atoms with Crippen molar-refractivity contribution in [2.45, 2.75) is 40.5 Å². The van der Waals surface area contributed by atoms with Crippen molar-refractivity contribution in [2.75, 3.05) is 22.4 Å². The average molecular weight is 389 g/mol. The molecule has 0 radical (unpaired) electrons. The Kier molecular flexibility index (Phi) is 6.65. The predicted molar refractivity (Wildman–Crippen MR) is 112 cm³/mol. The number of aryl methyl sites for hydroxylation is 4. The summed E-state index contributed by atoms with van der Waals surface area (Å²) in [5.41, 5.74) is 5.38. The molecule has 5 nitrogen and oxygen atoms in total. The SMILES string of the molecule is CCc1cccc(C)c1N(CCC(=O)Nc1cc(C)cc(C)c1)S(C)(=O)=O. The minimum absolute atomic E-state index is 0.0809. The van der Waals surface area contributed by atoms with Gasteiger partial charge in [-0.3, -0.25) is 9.10 Å². The molecule has 0 atom stereocenters. The molecule has 0 aliphatic carbocycles. The van der Waals surface area contributed by atoms with Crippen molar-refractivity contribution < 1.29 is 13.2 Å². The summed E-state index contributed by atoms with van der Waals surface area (Å²) >= 11 is 0. The Morgan fingerprint density at radius 1 is 1.07 bits per heavy atom. The summed E-state index contributed by atoms with van der Waals surface area (Å²) in [6.07, 6.45) is 1.98. The third kappa shape index (κ3) is 5.57. The minimum atomic E-state index is -3.50. The zero-order valence-electron chi connectivity index (χ0n) is 16.7. The fraction of sp³-hybridized carbons (Fsp3) is 0.381. The number of amides is 1. The van der Waals surface area contributed by atoms with Crippen LogP contribution in [0.15, 0.2) is 36.4 Å². The van der Waals surface area contributed by atoms with Crippen LogP contribution in [0, 0.1) is 20.8 Å². The van der Waals surface area contributed by atoms with E-state index in [9.17, 15) is 13.2 Å². The third-order valence-electron chi connectivity index (χ3n) is 4.40. The zero-order valence-corrected chi connectivity index (χ0v) is 17.5. The van der Waals surface area contributed by atoms with E-state index in [4.69, 9.17) is 0 Å². The van der Waals surface area contributed by atoms with Crippen molar-refractivity contribution in [1.82, 2.24) is 0 Å². The van der Waals surface area contributed by atoms with Gasteiger partial charge in [-0.1, -0.05) is 31.2 Å². The number of hydrogen-bond acceptors (Lipinski definition) is 3. The molecule has 0 bridgehead atoms. The summed E-state index contributed by atoms with van der Waals surface area (Å²) in [7, 11) is -3.50. The van der Waals surface area contributed by atoms with E-state index >= 15 is 0 Å². The van der Waals surface area contributed by atoms with Crippen LogP contribution in [0.3, 0.4) is 0 Å². The van der Waals surface area contributed by atoms with Crippen molar-refractivity contribution >= 4 is 27.3 Å². The van der Waals surface area contributed by atoms with Crippen LogP contribution < -0.4 is 9.62 Å². The Hall–Kier alpha value is -2.34. The number of anilines is 2. The van der Waals surface area contributed by atoms with Gasteiger partial charge in [-0.15, -0.1) is 0 Å². The van der Waals surface area contributed by atoms with Crippen molar-refractivity contribution in [1.29, 1.82) is 0 Å². The number of sulfonamides is 1. The van der Waals surface area contributed by atoms with Crippen LogP contribution in [0.25, 0.3) is 0 Å². The maximum absolute atomic E-state index is 12.4. The largest absolute Gasteiger partial charge is 0.326 e. The molecule has 0 aliphatic heterocycles. The van der Waals surface area contributed by atoms with Gasteiger partial charge in [0.2, 0.25) is 15.9 Å². The molecule has 0 aliphatic rings. The number of carbonyl (C=O) groups is 1. The molecular formula is C21H28N2O3S. The summed E-state index contributed by atoms with van der Waals surface area (Å²) in [4.78, 5) is 12.4. The van der Waals surface area contributed by atoms with E-state index in [2.05, 4.69) is 5.32 Å². The molecule has 1 amide bonds. The van der Waals surface area contributed by atoms with Crippen molar-refractivity contribution in [3.63, 3.8) is 0 Å². The lowest BCUT2D eigenvalue weighted by molar-refractivity contribution is -0.116. The first-order valence-corrected chi connectivity index (χ1v) is 10.9. The molecular weight excluding hydrogens is 360 g/mol. The second-order valence-corrected chi connectivity index (χ2v) is 8.85. The molecule has 0 fully saturated rings. The Balaban J connectivity index is 2.20. The summed E-state index contributed by atoms with van der Waals surface area (Å²) in [5.74, 6) is -0.208. The molecule has 6 heteroatoms. The van der Waals surface area contributed by atoms with Gasteiger partial charge in [0.05, 0.1) is 11.9 Å². The molecule has 2 aromatic carbocycles. The second kappa shape index (κ2) is 8.57. The number of hydrogen-bond donors (Lipinski definition) is 1. The van der Waals surface area contributed by atoms with E-state index in [1.807, 2.05) is 64.1 Å². The van der Waals surface area contributed by atoms with Crippen LogP contribution in [0.4, 0.5) is 11.4 Å². The topological polar surface area (TPSA) is 66.5 Å². The van der Waals surface area contributed by atoms with Crippen LogP contribution in [-0.2, 0) is 21.2 Å². The first-order chi connectivity index (χ1) is 12.6. The quantitative estimate of drug-likeness (QED) is 0.780. The fourth-order valence-corrected chi connectivity index (χ4v) is 4.29. The summed E-state index contributed by atoms with van der Waals surface area (Å²) in [6, 6.07) is 11.6. The molecule has 1 N–H and O–H groups in total. The molecule has 0 aromatic heterocycles. The highest BCUT2D eigenvalue weighted by atomic mass is 32.2. The number of benzene rings is 2. The van der Waals surface area contributed by atoms with E-state index < -0.39 is 10.0 Å². The number of para-hydroxylation sites is 1. The van der Waals surface area contributed by atoms with Gasteiger partial charge in [0.25, 0.3) is 0 Å². The van der Waals surface area contributed by atoms with E-state index in [-0.39, 0.29) is 18.9 Å². The summed E-state index contributed by atoms with van der Waals surface area (Å²) in [6.45, 7) is 7.93. The van der Waals surface area contributed by atoms with E-state index in [0.29, 0.717) is 5.69 Å². The van der Waals surface area contributed by atoms with Gasteiger partial charge in [-0.05, 0) is 61.6 Å². The minimum Gasteiger partial charge on any atom is -0.326 e. The average Bonchev–Trinajstić information content (AvgIpc) is 2.54. The summed E-state index contributed by atoms with van der Waals surface area (Å²) < 4.78 is 26.2. The number of rotatable bonds is 7. The molecule has 0 heterocycles. The lowest BCUT2D eigenvalue weighted by Gasteiger charge is -2.26. The fourth-order valence-electron chi connectivity index (χ4n) is 3.28. The maximum Gasteiger partial charge on any atom is 0.232 e. The highest BCUT2D eigenvalue weighted by Crippen LogP contribution is 2.28. The molecule has 2 rings (SSSR count). The molecule has 0 unspecified atom stereocenters. The van der Waals surface area contributed by atoms with Gasteiger partial charge < -0.3 is 5.32 Å². The van der Waals surface area contributed by atoms with Crippen LogP contribution >= 0.6 is 0 Å². The van der Waals surface area contributed by atoms with E-state index in [0.717, 1.165) is 34.4 Å². The van der Waals surface area contributed by atoms with Crippen LogP contribution in [0.1, 0.15) is 35.6 Å². The second-order valence-electron chi connectivity index (χ2n) is 6.95. The molecule has 146 valence electrons. The third-order valence-corrected chi connectivity index (χ3v) is 5.57. The normalized spacial score (nSPS) is 11.3. The Bertz CT molecular complexity index is 916.